The van der Waals surface area contributed by atoms with Gasteiger partial charge in [0.15, 0.2) is 0 Å². The van der Waals surface area contributed by atoms with E-state index in [1.54, 1.807) is 14.0 Å². The topological polar surface area (TPSA) is 64.3 Å². The summed E-state index contributed by atoms with van der Waals surface area (Å²) < 4.78 is 5.35. The number of carbonyl (C=O) groups is 1. The average Bonchev–Trinajstić information content (AvgIpc) is 2.64. The predicted octanol–water partition coefficient (Wildman–Crippen LogP) is 2.30. The molecular weight excluding hydrogens is 260 g/mol. The van der Waals surface area contributed by atoms with Crippen molar-refractivity contribution in [3.05, 3.63) is 0 Å². The van der Waals surface area contributed by atoms with Gasteiger partial charge < -0.3 is 15.8 Å². The average molecular weight is 286 g/mol. The van der Waals surface area contributed by atoms with Crippen LogP contribution in [0.1, 0.15) is 58.8 Å². The summed E-state index contributed by atoms with van der Waals surface area (Å²) in [5.41, 5.74) is 4.58. The van der Waals surface area contributed by atoms with Gasteiger partial charge in [0.1, 0.15) is 5.60 Å². The number of carbonyl (C=O) groups excluding carboxylic acids is 1. The smallest absolute Gasteiger partial charge is 0.252 e. The molecule has 1 unspecified atom stereocenters. The van der Waals surface area contributed by atoms with Crippen LogP contribution in [0.15, 0.2) is 0 Å². The van der Waals surface area contributed by atoms with Gasteiger partial charge in [-0.3, -0.25) is 4.79 Å². The van der Waals surface area contributed by atoms with Crippen molar-refractivity contribution in [3.8, 4) is 0 Å². The minimum Gasteiger partial charge on any atom is -0.391 e. The van der Waals surface area contributed by atoms with Crippen molar-refractivity contribution in [2.24, 2.45) is 5.73 Å². The highest BCUT2D eigenvalue weighted by Gasteiger charge is 2.40. The molecule has 0 saturated heterocycles. The highest BCUT2D eigenvalue weighted by atomic mass is 32.1. The molecular formula is C14H26N2O2S. The van der Waals surface area contributed by atoms with Crippen molar-refractivity contribution in [2.75, 3.05) is 7.11 Å². The first kappa shape index (κ1) is 16.4. The molecule has 0 aromatic heterocycles. The van der Waals surface area contributed by atoms with Gasteiger partial charge in [-0.25, -0.2) is 0 Å². The van der Waals surface area contributed by atoms with E-state index in [1.165, 1.54) is 12.8 Å². The Balaban J connectivity index is 2.89. The molecule has 1 fully saturated rings. The second-order valence-corrected chi connectivity index (χ2v) is 6.04. The first-order chi connectivity index (χ1) is 8.90. The molecule has 0 radical (unpaired) electrons. The molecule has 1 atom stereocenters. The van der Waals surface area contributed by atoms with E-state index in [0.29, 0.717) is 11.4 Å². The molecule has 0 spiro atoms. The molecule has 1 saturated carbocycles. The lowest BCUT2D eigenvalue weighted by molar-refractivity contribution is -0.143. The molecule has 1 rings (SSSR count). The number of nitrogens with two attached hydrogens (primary N) is 1. The lowest BCUT2D eigenvalue weighted by Crippen LogP contribution is -2.61. The fraction of sp³-hybridized carbons (Fsp3) is 0.857. The zero-order valence-corrected chi connectivity index (χ0v) is 13.1. The van der Waals surface area contributed by atoms with Gasteiger partial charge in [-0.05, 0) is 26.2 Å². The highest BCUT2D eigenvalue weighted by molar-refractivity contribution is 7.80. The molecule has 0 bridgehead atoms. The summed E-state index contributed by atoms with van der Waals surface area (Å²) in [4.78, 5) is 12.9. The molecule has 19 heavy (non-hydrogen) atoms. The molecule has 0 aromatic carbocycles. The van der Waals surface area contributed by atoms with Crippen LogP contribution in [0.25, 0.3) is 0 Å². The first-order valence-electron chi connectivity index (χ1n) is 7.08. The number of ether oxygens (including phenoxy) is 1. The van der Waals surface area contributed by atoms with Crippen molar-refractivity contribution < 1.29 is 9.53 Å². The van der Waals surface area contributed by atoms with Gasteiger partial charge >= 0.3 is 0 Å². The molecule has 1 amide bonds. The molecule has 1 aliphatic rings. The molecule has 1 aliphatic carbocycles. The number of amides is 1. The van der Waals surface area contributed by atoms with E-state index < -0.39 is 11.1 Å². The Kier molecular flexibility index (Phi) is 5.74. The third-order valence-electron chi connectivity index (χ3n) is 4.39. The van der Waals surface area contributed by atoms with Crippen molar-refractivity contribution in [3.63, 3.8) is 0 Å². The van der Waals surface area contributed by atoms with Crippen LogP contribution in [0.4, 0.5) is 0 Å². The molecule has 4 nitrogen and oxygen atoms in total. The summed E-state index contributed by atoms with van der Waals surface area (Å²) in [5, 5.41) is 3.08. The second-order valence-electron chi connectivity index (χ2n) is 5.60. The minimum atomic E-state index is -0.815. The zero-order valence-electron chi connectivity index (χ0n) is 12.3. The van der Waals surface area contributed by atoms with Crippen LogP contribution in [0, 0.1) is 0 Å². The van der Waals surface area contributed by atoms with Crippen LogP contribution in [-0.4, -0.2) is 29.1 Å². The molecule has 5 heteroatoms. The fourth-order valence-corrected chi connectivity index (χ4v) is 2.77. The lowest BCUT2D eigenvalue weighted by Gasteiger charge is -2.36. The number of methoxy groups -OCH3 is 1. The molecule has 0 aromatic rings. The van der Waals surface area contributed by atoms with Crippen LogP contribution >= 0.6 is 12.2 Å². The Morgan fingerprint density at radius 2 is 1.89 bits per heavy atom. The van der Waals surface area contributed by atoms with E-state index in [-0.39, 0.29) is 5.91 Å². The van der Waals surface area contributed by atoms with Gasteiger partial charge in [-0.1, -0.05) is 44.8 Å². The quantitative estimate of drug-likeness (QED) is 0.601. The van der Waals surface area contributed by atoms with Crippen LogP contribution in [0.3, 0.4) is 0 Å². The van der Waals surface area contributed by atoms with Crippen molar-refractivity contribution in [1.82, 2.24) is 5.32 Å². The number of hydrogen-bond acceptors (Lipinski definition) is 3. The van der Waals surface area contributed by atoms with Crippen molar-refractivity contribution >= 4 is 23.1 Å². The van der Waals surface area contributed by atoms with E-state index in [9.17, 15) is 4.79 Å². The highest BCUT2D eigenvalue weighted by Crippen LogP contribution is 2.29. The van der Waals surface area contributed by atoms with E-state index in [4.69, 9.17) is 22.7 Å². The number of hydrogen-bond donors (Lipinski definition) is 2. The van der Waals surface area contributed by atoms with Crippen LogP contribution in [0.5, 0.6) is 0 Å². The van der Waals surface area contributed by atoms with Crippen LogP contribution < -0.4 is 11.1 Å². The minimum absolute atomic E-state index is 0.118. The number of rotatable bonds is 5. The van der Waals surface area contributed by atoms with E-state index in [1.807, 2.05) is 6.92 Å². The third-order valence-corrected chi connectivity index (χ3v) is 4.78. The lowest BCUT2D eigenvalue weighted by atomic mass is 9.88. The van der Waals surface area contributed by atoms with Crippen molar-refractivity contribution in [1.29, 1.82) is 0 Å². The predicted molar refractivity (Wildman–Crippen MR) is 81.1 cm³/mol. The van der Waals surface area contributed by atoms with E-state index in [2.05, 4.69) is 5.32 Å². The SMILES string of the molecule is CCC(C)(OC)C(=O)NC1(C(N)=S)CCCCCC1. The summed E-state index contributed by atoms with van der Waals surface area (Å²) in [5.74, 6) is -0.118. The Labute approximate surface area is 121 Å². The van der Waals surface area contributed by atoms with Gasteiger partial charge in [0.25, 0.3) is 5.91 Å². The number of thiocarbonyl (C=S) groups is 1. The fourth-order valence-electron chi connectivity index (χ4n) is 2.51. The third kappa shape index (κ3) is 3.66. The first-order valence-corrected chi connectivity index (χ1v) is 7.49. The van der Waals surface area contributed by atoms with Crippen molar-refractivity contribution in [2.45, 2.75) is 69.9 Å². The van der Waals surface area contributed by atoms with E-state index in [0.717, 1.165) is 25.7 Å². The Morgan fingerprint density at radius 3 is 2.26 bits per heavy atom. The normalized spacial score (nSPS) is 22.1. The van der Waals surface area contributed by atoms with Crippen LogP contribution in [0.2, 0.25) is 0 Å². The maximum absolute atomic E-state index is 12.5. The summed E-state index contributed by atoms with van der Waals surface area (Å²) >= 11 is 5.22. The molecule has 0 aliphatic heterocycles. The molecule has 110 valence electrons. The monoisotopic (exact) mass is 286 g/mol. The number of nitrogens with one attached hydrogen (secondary N) is 1. The maximum atomic E-state index is 12.5. The standard InChI is InChI=1S/C14H26N2O2S/c1-4-13(2,18-3)12(17)16-14(11(15)19)9-7-5-6-8-10-14/h4-10H2,1-3H3,(H2,15,19)(H,16,17). The molecule has 0 heterocycles. The van der Waals surface area contributed by atoms with Gasteiger partial charge in [0, 0.05) is 7.11 Å². The van der Waals surface area contributed by atoms with Gasteiger partial charge in [-0.15, -0.1) is 0 Å². The Morgan fingerprint density at radius 1 is 1.37 bits per heavy atom. The Hall–Kier alpha value is -0.680. The van der Waals surface area contributed by atoms with E-state index >= 15 is 0 Å². The van der Waals surface area contributed by atoms with Gasteiger partial charge in [-0.2, -0.15) is 0 Å². The summed E-state index contributed by atoms with van der Waals surface area (Å²) in [7, 11) is 1.56. The van der Waals surface area contributed by atoms with Crippen LogP contribution in [-0.2, 0) is 9.53 Å². The summed E-state index contributed by atoms with van der Waals surface area (Å²) in [6.07, 6.45) is 6.73. The maximum Gasteiger partial charge on any atom is 0.252 e. The largest absolute Gasteiger partial charge is 0.391 e. The molecule has 3 N–H and O–H groups in total. The second kappa shape index (κ2) is 6.66. The zero-order chi connectivity index (χ0) is 14.5. The summed E-state index contributed by atoms with van der Waals surface area (Å²) in [6.45, 7) is 3.73. The van der Waals surface area contributed by atoms with Gasteiger partial charge in [0.2, 0.25) is 0 Å². The van der Waals surface area contributed by atoms with Gasteiger partial charge in [0.05, 0.1) is 10.5 Å². The summed E-state index contributed by atoms with van der Waals surface area (Å²) in [6, 6.07) is 0. The Bertz CT molecular complexity index is 332.